The zero-order chi connectivity index (χ0) is 21.8. The number of hydrogen-bond acceptors (Lipinski definition) is 6. The first kappa shape index (κ1) is 21.4. The Hall–Kier alpha value is -3.26. The summed E-state index contributed by atoms with van der Waals surface area (Å²) in [6.07, 6.45) is 1.59. The SMILES string of the molecule is COc1ccc(C=C2SC(=O)N(CC(=O)Nc3ccc(C)cc3C)C2=O)cc1OC. The van der Waals surface area contributed by atoms with Crippen LogP contribution in [-0.4, -0.2) is 42.7 Å². The van der Waals surface area contributed by atoms with Gasteiger partial charge in [0.15, 0.2) is 11.5 Å². The molecule has 0 bridgehead atoms. The third kappa shape index (κ3) is 4.65. The predicted octanol–water partition coefficient (Wildman–Crippen LogP) is 4.00. The van der Waals surface area contributed by atoms with Crippen molar-refractivity contribution in [3.63, 3.8) is 0 Å². The Bertz CT molecular complexity index is 1050. The second kappa shape index (κ2) is 9.04. The molecule has 1 N–H and O–H groups in total. The molecule has 0 aromatic heterocycles. The molecule has 3 amide bonds. The van der Waals surface area contributed by atoms with E-state index < -0.39 is 17.1 Å². The van der Waals surface area contributed by atoms with E-state index in [-0.39, 0.29) is 11.4 Å². The number of ether oxygens (including phenoxy) is 2. The standard InChI is InChI=1S/C22H22N2O5S/c1-13-5-7-16(14(2)9-13)23-20(25)12-24-21(26)19(30-22(24)27)11-15-6-8-17(28-3)18(10-15)29-4/h5-11H,12H2,1-4H3,(H,23,25). The average Bonchev–Trinajstić information content (AvgIpc) is 2.97. The second-order valence-electron chi connectivity index (χ2n) is 6.75. The number of hydrogen-bond donors (Lipinski definition) is 1. The van der Waals surface area contributed by atoms with Gasteiger partial charge in [-0.3, -0.25) is 19.3 Å². The number of thioether (sulfide) groups is 1. The Labute approximate surface area is 179 Å². The minimum atomic E-state index is -0.504. The summed E-state index contributed by atoms with van der Waals surface area (Å²) in [6, 6.07) is 10.8. The summed E-state index contributed by atoms with van der Waals surface area (Å²) < 4.78 is 10.5. The maximum absolute atomic E-state index is 12.7. The quantitative estimate of drug-likeness (QED) is 0.703. The number of nitrogens with zero attached hydrogens (tertiary/aromatic N) is 1. The number of aryl methyl sites for hydroxylation is 2. The number of nitrogens with one attached hydrogen (secondary N) is 1. The number of anilines is 1. The average molecular weight is 426 g/mol. The molecule has 156 valence electrons. The lowest BCUT2D eigenvalue weighted by Crippen LogP contribution is -2.36. The lowest BCUT2D eigenvalue weighted by Gasteiger charge is -2.14. The van der Waals surface area contributed by atoms with Crippen molar-refractivity contribution in [2.45, 2.75) is 13.8 Å². The first-order valence-corrected chi connectivity index (χ1v) is 9.98. The summed E-state index contributed by atoms with van der Waals surface area (Å²) >= 11 is 0.800. The zero-order valence-electron chi connectivity index (χ0n) is 17.1. The predicted molar refractivity (Wildman–Crippen MR) is 117 cm³/mol. The Morgan fingerprint density at radius 1 is 1.07 bits per heavy atom. The highest BCUT2D eigenvalue weighted by Crippen LogP contribution is 2.34. The Morgan fingerprint density at radius 2 is 1.80 bits per heavy atom. The molecule has 1 fully saturated rings. The van der Waals surface area contributed by atoms with Gasteiger partial charge in [-0.25, -0.2) is 0 Å². The molecule has 3 rings (SSSR count). The molecule has 0 aliphatic carbocycles. The molecule has 1 aliphatic rings. The molecule has 0 spiro atoms. The molecule has 30 heavy (non-hydrogen) atoms. The third-order valence-corrected chi connectivity index (χ3v) is 5.44. The van der Waals surface area contributed by atoms with Crippen LogP contribution < -0.4 is 14.8 Å². The van der Waals surface area contributed by atoms with Crippen molar-refractivity contribution < 1.29 is 23.9 Å². The monoisotopic (exact) mass is 426 g/mol. The Kier molecular flexibility index (Phi) is 6.47. The lowest BCUT2D eigenvalue weighted by atomic mass is 10.1. The van der Waals surface area contributed by atoms with Gasteiger partial charge in [0.2, 0.25) is 5.91 Å². The van der Waals surface area contributed by atoms with Crippen LogP contribution >= 0.6 is 11.8 Å². The largest absolute Gasteiger partial charge is 0.493 e. The van der Waals surface area contributed by atoms with Crippen LogP contribution in [0.3, 0.4) is 0 Å². The summed E-state index contributed by atoms with van der Waals surface area (Å²) in [5.41, 5.74) is 3.32. The fraction of sp³-hybridized carbons (Fsp3) is 0.227. The first-order chi connectivity index (χ1) is 14.3. The number of methoxy groups -OCH3 is 2. The summed E-state index contributed by atoms with van der Waals surface area (Å²) in [5.74, 6) is 0.135. The van der Waals surface area contributed by atoms with E-state index in [4.69, 9.17) is 9.47 Å². The number of benzene rings is 2. The van der Waals surface area contributed by atoms with Gasteiger partial charge in [0.25, 0.3) is 11.1 Å². The summed E-state index contributed by atoms with van der Waals surface area (Å²) in [6.45, 7) is 3.50. The molecule has 0 unspecified atom stereocenters. The number of imide groups is 1. The smallest absolute Gasteiger partial charge is 0.294 e. The van der Waals surface area contributed by atoms with Crippen molar-refractivity contribution >= 4 is 40.6 Å². The van der Waals surface area contributed by atoms with Crippen molar-refractivity contribution in [2.75, 3.05) is 26.1 Å². The van der Waals surface area contributed by atoms with Crippen molar-refractivity contribution in [1.82, 2.24) is 4.90 Å². The highest BCUT2D eigenvalue weighted by atomic mass is 32.2. The van der Waals surface area contributed by atoms with Crippen molar-refractivity contribution in [2.24, 2.45) is 0 Å². The molecular formula is C22H22N2O5S. The number of rotatable bonds is 6. The molecule has 0 saturated carbocycles. The van der Waals surface area contributed by atoms with Crippen molar-refractivity contribution in [3.05, 3.63) is 58.0 Å². The number of amides is 3. The van der Waals surface area contributed by atoms with Gasteiger partial charge in [-0.2, -0.15) is 0 Å². The van der Waals surface area contributed by atoms with Gasteiger partial charge < -0.3 is 14.8 Å². The first-order valence-electron chi connectivity index (χ1n) is 9.17. The molecule has 1 aliphatic heterocycles. The minimum Gasteiger partial charge on any atom is -0.493 e. The molecule has 7 nitrogen and oxygen atoms in total. The van der Waals surface area contributed by atoms with Crippen LogP contribution in [0.4, 0.5) is 10.5 Å². The zero-order valence-corrected chi connectivity index (χ0v) is 18.0. The molecule has 1 saturated heterocycles. The summed E-state index contributed by atoms with van der Waals surface area (Å²) in [5, 5.41) is 2.27. The lowest BCUT2D eigenvalue weighted by molar-refractivity contribution is -0.127. The highest BCUT2D eigenvalue weighted by molar-refractivity contribution is 8.18. The molecule has 8 heteroatoms. The number of carbonyl (C=O) groups excluding carboxylic acids is 3. The molecule has 0 atom stereocenters. The van der Waals surface area contributed by atoms with Crippen LogP contribution in [0.5, 0.6) is 11.5 Å². The van der Waals surface area contributed by atoms with Gasteiger partial charge in [0, 0.05) is 5.69 Å². The molecule has 2 aromatic carbocycles. The van der Waals surface area contributed by atoms with Crippen molar-refractivity contribution in [3.8, 4) is 11.5 Å². The van der Waals surface area contributed by atoms with Gasteiger partial charge in [-0.15, -0.1) is 0 Å². The van der Waals surface area contributed by atoms with E-state index in [0.29, 0.717) is 22.7 Å². The maximum Gasteiger partial charge on any atom is 0.294 e. The van der Waals surface area contributed by atoms with Crippen LogP contribution in [0.25, 0.3) is 6.08 Å². The normalized spacial score (nSPS) is 14.9. The van der Waals surface area contributed by atoms with Gasteiger partial charge in [0.05, 0.1) is 19.1 Å². The van der Waals surface area contributed by atoms with E-state index >= 15 is 0 Å². The van der Waals surface area contributed by atoms with Crippen LogP contribution in [0.15, 0.2) is 41.3 Å². The summed E-state index contributed by atoms with van der Waals surface area (Å²) in [7, 11) is 3.05. The van der Waals surface area contributed by atoms with Crippen LogP contribution in [0.1, 0.15) is 16.7 Å². The van der Waals surface area contributed by atoms with Crippen molar-refractivity contribution in [1.29, 1.82) is 0 Å². The Balaban J connectivity index is 1.73. The van der Waals surface area contributed by atoms with Gasteiger partial charge in [-0.05, 0) is 61.0 Å². The molecule has 2 aromatic rings. The Morgan fingerprint density at radius 3 is 2.47 bits per heavy atom. The van der Waals surface area contributed by atoms with E-state index in [9.17, 15) is 14.4 Å². The maximum atomic E-state index is 12.7. The van der Waals surface area contributed by atoms with E-state index in [2.05, 4.69) is 5.32 Å². The van der Waals surface area contributed by atoms with E-state index in [1.54, 1.807) is 30.3 Å². The molecular weight excluding hydrogens is 404 g/mol. The fourth-order valence-electron chi connectivity index (χ4n) is 3.02. The topological polar surface area (TPSA) is 84.9 Å². The van der Waals surface area contributed by atoms with Crippen LogP contribution in [0.2, 0.25) is 0 Å². The minimum absolute atomic E-state index is 0.242. The highest BCUT2D eigenvalue weighted by Gasteiger charge is 2.36. The van der Waals surface area contributed by atoms with Crippen LogP contribution in [-0.2, 0) is 9.59 Å². The molecule has 0 radical (unpaired) electrons. The summed E-state index contributed by atoms with van der Waals surface area (Å²) in [4.78, 5) is 38.6. The third-order valence-electron chi connectivity index (χ3n) is 4.54. The van der Waals surface area contributed by atoms with Gasteiger partial charge in [0.1, 0.15) is 6.54 Å². The van der Waals surface area contributed by atoms with Gasteiger partial charge in [-0.1, -0.05) is 23.8 Å². The van der Waals surface area contributed by atoms with Gasteiger partial charge >= 0.3 is 0 Å². The fourth-order valence-corrected chi connectivity index (χ4v) is 3.86. The van der Waals surface area contributed by atoms with Crippen LogP contribution in [0, 0.1) is 13.8 Å². The number of carbonyl (C=O) groups is 3. The second-order valence-corrected chi connectivity index (χ2v) is 7.74. The molecule has 1 heterocycles. The van der Waals surface area contributed by atoms with E-state index in [0.717, 1.165) is 27.8 Å². The van der Waals surface area contributed by atoms with E-state index in [1.165, 1.54) is 14.2 Å². The van der Waals surface area contributed by atoms with E-state index in [1.807, 2.05) is 26.0 Å².